The van der Waals surface area contributed by atoms with E-state index in [9.17, 15) is 14.4 Å². The predicted molar refractivity (Wildman–Crippen MR) is 78.6 cm³/mol. The maximum absolute atomic E-state index is 11.5. The van der Waals surface area contributed by atoms with E-state index < -0.39 is 23.9 Å². The summed E-state index contributed by atoms with van der Waals surface area (Å²) in [5.41, 5.74) is 4.95. The van der Waals surface area contributed by atoms with Crippen LogP contribution in [-0.2, 0) is 9.59 Å². The molecule has 5 N–H and O–H groups in total. The maximum atomic E-state index is 11.5. The van der Waals surface area contributed by atoms with Gasteiger partial charge in [-0.1, -0.05) is 6.42 Å². The first-order valence-corrected chi connectivity index (χ1v) is 7.91. The van der Waals surface area contributed by atoms with Crippen molar-refractivity contribution in [3.63, 3.8) is 0 Å². The van der Waals surface area contributed by atoms with Gasteiger partial charge in [-0.05, 0) is 31.3 Å². The molecule has 0 spiro atoms. The molecule has 0 aliphatic carbocycles. The van der Waals surface area contributed by atoms with Crippen LogP contribution in [0.15, 0.2) is 0 Å². The van der Waals surface area contributed by atoms with E-state index >= 15 is 0 Å². The van der Waals surface area contributed by atoms with Gasteiger partial charge in [0, 0.05) is 13.0 Å². The van der Waals surface area contributed by atoms with Gasteiger partial charge < -0.3 is 21.5 Å². The molecule has 0 bridgehead atoms. The lowest BCUT2D eigenvalue weighted by molar-refractivity contribution is -0.139. The number of unbranched alkanes of at least 4 members (excludes halogenated alkanes) is 2. The van der Waals surface area contributed by atoms with Crippen LogP contribution in [0.3, 0.4) is 0 Å². The molecule has 3 amide bonds. The standard InChI is InChI=1S/C12H23N3O4S/c1-20-8-4-2-3-7-14-12(19)15-9(11(17)18)5-6-10(13)16/h9H,2-8H2,1H3,(H2,13,16)(H,17,18)(H2,14,15,19)/t9-/m0/s1. The zero-order valence-electron chi connectivity index (χ0n) is 11.7. The molecule has 0 radical (unpaired) electrons. The number of carboxylic acids is 1. The van der Waals surface area contributed by atoms with Crippen LogP contribution in [0, 0.1) is 0 Å². The molecule has 0 heterocycles. The molecule has 0 aliphatic heterocycles. The summed E-state index contributed by atoms with van der Waals surface area (Å²) in [4.78, 5) is 33.0. The zero-order chi connectivity index (χ0) is 15.4. The zero-order valence-corrected chi connectivity index (χ0v) is 12.5. The Balaban J connectivity index is 3.84. The fourth-order valence-corrected chi connectivity index (χ4v) is 2.00. The monoisotopic (exact) mass is 305 g/mol. The summed E-state index contributed by atoms with van der Waals surface area (Å²) in [6, 6.07) is -1.63. The number of nitrogens with one attached hydrogen (secondary N) is 2. The summed E-state index contributed by atoms with van der Waals surface area (Å²) < 4.78 is 0. The normalized spacial score (nSPS) is 11.7. The lowest BCUT2D eigenvalue weighted by Gasteiger charge is -2.14. The number of primary amides is 1. The summed E-state index contributed by atoms with van der Waals surface area (Å²) in [7, 11) is 0. The highest BCUT2D eigenvalue weighted by Crippen LogP contribution is 2.01. The number of hydrogen-bond donors (Lipinski definition) is 4. The van der Waals surface area contributed by atoms with Gasteiger partial charge in [-0.25, -0.2) is 9.59 Å². The largest absolute Gasteiger partial charge is 0.480 e. The molecule has 0 rings (SSSR count). The Kier molecular flexibility index (Phi) is 10.6. The molecule has 0 aromatic rings. The lowest BCUT2D eigenvalue weighted by Crippen LogP contribution is -2.46. The molecule has 116 valence electrons. The quantitative estimate of drug-likeness (QED) is 0.415. The number of aliphatic carboxylic acids is 1. The van der Waals surface area contributed by atoms with Crippen LogP contribution in [0.2, 0.25) is 0 Å². The number of carbonyl (C=O) groups excluding carboxylic acids is 2. The van der Waals surface area contributed by atoms with Crippen LogP contribution in [0.1, 0.15) is 32.1 Å². The number of urea groups is 1. The SMILES string of the molecule is CSCCCCCNC(=O)N[C@@H](CCC(N)=O)C(=O)O. The second-order valence-electron chi connectivity index (χ2n) is 4.35. The van der Waals surface area contributed by atoms with E-state index in [0.717, 1.165) is 25.0 Å². The Bertz CT molecular complexity index is 326. The summed E-state index contributed by atoms with van der Waals surface area (Å²) in [6.07, 6.45) is 4.93. The van der Waals surface area contributed by atoms with Gasteiger partial charge in [-0.15, -0.1) is 0 Å². The molecule has 8 heteroatoms. The van der Waals surface area contributed by atoms with Gasteiger partial charge in [0.1, 0.15) is 6.04 Å². The lowest BCUT2D eigenvalue weighted by atomic mass is 10.1. The Hall–Kier alpha value is -1.44. The predicted octanol–water partition coefficient (Wildman–Crippen LogP) is 0.538. The van der Waals surface area contributed by atoms with E-state index in [1.807, 2.05) is 6.26 Å². The molecule has 0 saturated heterocycles. The first-order valence-electron chi connectivity index (χ1n) is 6.51. The number of thioether (sulfide) groups is 1. The van der Waals surface area contributed by atoms with Gasteiger partial charge in [-0.3, -0.25) is 4.79 Å². The molecular weight excluding hydrogens is 282 g/mol. The number of hydrogen-bond acceptors (Lipinski definition) is 4. The molecule has 1 atom stereocenters. The third-order valence-corrected chi connectivity index (χ3v) is 3.29. The molecule has 20 heavy (non-hydrogen) atoms. The number of amides is 3. The third-order valence-electron chi connectivity index (χ3n) is 2.59. The molecule has 0 saturated carbocycles. The molecule has 0 aromatic carbocycles. The minimum Gasteiger partial charge on any atom is -0.480 e. The van der Waals surface area contributed by atoms with E-state index in [2.05, 4.69) is 10.6 Å². The fourth-order valence-electron chi connectivity index (χ4n) is 1.50. The highest BCUT2D eigenvalue weighted by atomic mass is 32.2. The average molecular weight is 305 g/mol. The van der Waals surface area contributed by atoms with Gasteiger partial charge in [0.15, 0.2) is 0 Å². The van der Waals surface area contributed by atoms with Crippen LogP contribution in [0.4, 0.5) is 4.79 Å². The van der Waals surface area contributed by atoms with Gasteiger partial charge in [0.25, 0.3) is 0 Å². The minimum absolute atomic E-state index is 0.00813. The number of nitrogens with two attached hydrogens (primary N) is 1. The van der Waals surface area contributed by atoms with E-state index in [1.54, 1.807) is 11.8 Å². The van der Waals surface area contributed by atoms with Gasteiger partial charge in [0.2, 0.25) is 5.91 Å². The smallest absolute Gasteiger partial charge is 0.326 e. The van der Waals surface area contributed by atoms with Gasteiger partial charge >= 0.3 is 12.0 Å². The maximum Gasteiger partial charge on any atom is 0.326 e. The average Bonchev–Trinajstić information content (AvgIpc) is 2.38. The molecular formula is C12H23N3O4S. The van der Waals surface area contributed by atoms with Crippen molar-refractivity contribution in [2.24, 2.45) is 5.73 Å². The van der Waals surface area contributed by atoms with E-state index in [-0.39, 0.29) is 12.8 Å². The van der Waals surface area contributed by atoms with Crippen molar-refractivity contribution in [1.82, 2.24) is 10.6 Å². The van der Waals surface area contributed by atoms with Crippen molar-refractivity contribution in [1.29, 1.82) is 0 Å². The van der Waals surface area contributed by atoms with Crippen LogP contribution in [-0.4, -0.2) is 47.6 Å². The molecule has 0 unspecified atom stereocenters. The highest BCUT2D eigenvalue weighted by Gasteiger charge is 2.20. The number of carbonyl (C=O) groups is 3. The van der Waals surface area contributed by atoms with Crippen LogP contribution in [0.25, 0.3) is 0 Å². The van der Waals surface area contributed by atoms with Crippen molar-refractivity contribution in [2.45, 2.75) is 38.1 Å². The summed E-state index contributed by atoms with van der Waals surface area (Å²) in [5.74, 6) is -0.672. The molecule has 0 aliphatic rings. The number of rotatable bonds is 11. The highest BCUT2D eigenvalue weighted by molar-refractivity contribution is 7.98. The van der Waals surface area contributed by atoms with Gasteiger partial charge in [-0.2, -0.15) is 11.8 Å². The Morgan fingerprint density at radius 1 is 1.25 bits per heavy atom. The second kappa shape index (κ2) is 11.4. The molecule has 7 nitrogen and oxygen atoms in total. The van der Waals surface area contributed by atoms with Crippen molar-refractivity contribution < 1.29 is 19.5 Å². The van der Waals surface area contributed by atoms with Crippen molar-refractivity contribution in [3.05, 3.63) is 0 Å². The minimum atomic E-state index is -1.18. The Labute approximate surface area is 123 Å². The Morgan fingerprint density at radius 3 is 2.50 bits per heavy atom. The third kappa shape index (κ3) is 10.5. The fraction of sp³-hybridized carbons (Fsp3) is 0.750. The Morgan fingerprint density at radius 2 is 1.95 bits per heavy atom. The van der Waals surface area contributed by atoms with Crippen molar-refractivity contribution in [2.75, 3.05) is 18.6 Å². The number of carboxylic acid groups (broad SMARTS) is 1. The first-order chi connectivity index (χ1) is 9.47. The van der Waals surface area contributed by atoms with Crippen LogP contribution < -0.4 is 16.4 Å². The van der Waals surface area contributed by atoms with Crippen LogP contribution in [0.5, 0.6) is 0 Å². The summed E-state index contributed by atoms with van der Waals surface area (Å²) >= 11 is 1.78. The van der Waals surface area contributed by atoms with E-state index in [0.29, 0.717) is 6.54 Å². The van der Waals surface area contributed by atoms with Crippen LogP contribution >= 0.6 is 11.8 Å². The summed E-state index contributed by atoms with van der Waals surface area (Å²) in [6.45, 7) is 0.502. The summed E-state index contributed by atoms with van der Waals surface area (Å²) in [5, 5.41) is 13.8. The first kappa shape index (κ1) is 18.6. The second-order valence-corrected chi connectivity index (χ2v) is 5.34. The van der Waals surface area contributed by atoms with E-state index in [4.69, 9.17) is 10.8 Å². The topological polar surface area (TPSA) is 122 Å². The van der Waals surface area contributed by atoms with E-state index in [1.165, 1.54) is 0 Å². The van der Waals surface area contributed by atoms with Crippen molar-refractivity contribution in [3.8, 4) is 0 Å². The van der Waals surface area contributed by atoms with Crippen molar-refractivity contribution >= 4 is 29.7 Å². The molecule has 0 fully saturated rings. The molecule has 0 aromatic heterocycles. The van der Waals surface area contributed by atoms with Gasteiger partial charge in [0.05, 0.1) is 0 Å².